The van der Waals surface area contributed by atoms with E-state index in [0.717, 1.165) is 16.7 Å². The summed E-state index contributed by atoms with van der Waals surface area (Å²) >= 11 is 5.81. The number of anilines is 1. The fourth-order valence-electron chi connectivity index (χ4n) is 1.53. The fraction of sp³-hybridized carbons (Fsp3) is 0.154. The van der Waals surface area contributed by atoms with Crippen LogP contribution in [0.3, 0.4) is 0 Å². The molecule has 19 heavy (non-hydrogen) atoms. The van der Waals surface area contributed by atoms with Crippen LogP contribution in [0.2, 0.25) is 5.02 Å². The molecule has 2 N–H and O–H groups in total. The summed E-state index contributed by atoms with van der Waals surface area (Å²) in [5, 5.41) is 9.98. The van der Waals surface area contributed by atoms with Gasteiger partial charge in [0, 0.05) is 0 Å². The molecule has 0 atom stereocenters. The molecular formula is C13H13ClN4O. The molecule has 98 valence electrons. The van der Waals surface area contributed by atoms with Gasteiger partial charge in [-0.05, 0) is 25.0 Å². The number of hydrazone groups is 1. The van der Waals surface area contributed by atoms with Gasteiger partial charge in [0.25, 0.3) is 5.56 Å². The van der Waals surface area contributed by atoms with Crippen LogP contribution in [0.1, 0.15) is 16.7 Å². The van der Waals surface area contributed by atoms with Gasteiger partial charge in [-0.15, -0.1) is 0 Å². The molecule has 0 aliphatic carbocycles. The molecule has 0 aliphatic rings. The summed E-state index contributed by atoms with van der Waals surface area (Å²) in [5.74, 6) is 0. The van der Waals surface area contributed by atoms with E-state index in [1.54, 1.807) is 6.21 Å². The summed E-state index contributed by atoms with van der Waals surface area (Å²) in [5.41, 5.74) is 5.89. The molecule has 5 nitrogen and oxygen atoms in total. The lowest BCUT2D eigenvalue weighted by atomic mass is 10.1. The zero-order chi connectivity index (χ0) is 13.8. The zero-order valence-electron chi connectivity index (χ0n) is 10.6. The highest BCUT2D eigenvalue weighted by atomic mass is 35.5. The number of hydrogen-bond donors (Lipinski definition) is 2. The number of rotatable bonds is 3. The number of aromatic nitrogens is 2. The van der Waals surface area contributed by atoms with Gasteiger partial charge in [-0.3, -0.25) is 10.2 Å². The van der Waals surface area contributed by atoms with E-state index in [0.29, 0.717) is 5.69 Å². The van der Waals surface area contributed by atoms with Gasteiger partial charge in [0.1, 0.15) is 10.7 Å². The Labute approximate surface area is 115 Å². The van der Waals surface area contributed by atoms with Crippen molar-refractivity contribution in [2.24, 2.45) is 5.10 Å². The summed E-state index contributed by atoms with van der Waals surface area (Å²) in [7, 11) is 0. The van der Waals surface area contributed by atoms with E-state index in [9.17, 15) is 4.79 Å². The number of halogens is 1. The Morgan fingerprint density at radius 3 is 3.00 bits per heavy atom. The molecule has 0 radical (unpaired) electrons. The number of nitrogens with one attached hydrogen (secondary N) is 2. The standard InChI is InChI=1S/C13H13ClN4O/c1-8-3-4-9(2)10(5-8)6-15-17-11-7-16-18-13(19)12(11)14/h3-7H,1-2H3,(H2,17,18,19)/b15-6-. The van der Waals surface area contributed by atoms with Crippen molar-refractivity contribution in [2.45, 2.75) is 13.8 Å². The smallest absolute Gasteiger partial charge is 0.275 e. The molecule has 2 aromatic rings. The Hall–Kier alpha value is -2.14. The van der Waals surface area contributed by atoms with Gasteiger partial charge in [0.05, 0.1) is 12.4 Å². The van der Waals surface area contributed by atoms with E-state index < -0.39 is 5.56 Å². The summed E-state index contributed by atoms with van der Waals surface area (Å²) in [6, 6.07) is 6.09. The number of aromatic amines is 1. The van der Waals surface area contributed by atoms with Crippen molar-refractivity contribution in [3.05, 3.63) is 56.5 Å². The minimum Gasteiger partial charge on any atom is -0.275 e. The van der Waals surface area contributed by atoms with Crippen molar-refractivity contribution in [3.63, 3.8) is 0 Å². The van der Waals surface area contributed by atoms with E-state index in [4.69, 9.17) is 11.6 Å². The van der Waals surface area contributed by atoms with Crippen molar-refractivity contribution in [1.82, 2.24) is 10.2 Å². The third-order valence-electron chi connectivity index (χ3n) is 2.62. The molecule has 1 aromatic heterocycles. The van der Waals surface area contributed by atoms with Gasteiger partial charge < -0.3 is 0 Å². The van der Waals surface area contributed by atoms with Gasteiger partial charge in [0.15, 0.2) is 0 Å². The fourth-order valence-corrected chi connectivity index (χ4v) is 1.67. The molecule has 0 unspecified atom stereocenters. The van der Waals surface area contributed by atoms with Crippen LogP contribution in [0.5, 0.6) is 0 Å². The Bertz CT molecular complexity index is 679. The lowest BCUT2D eigenvalue weighted by molar-refractivity contribution is 0.987. The quantitative estimate of drug-likeness (QED) is 0.668. The molecule has 0 bridgehead atoms. The number of aryl methyl sites for hydroxylation is 2. The third kappa shape index (κ3) is 3.20. The lowest BCUT2D eigenvalue weighted by Gasteiger charge is -2.03. The van der Waals surface area contributed by atoms with Crippen LogP contribution >= 0.6 is 11.6 Å². The second kappa shape index (κ2) is 5.67. The van der Waals surface area contributed by atoms with E-state index in [-0.39, 0.29) is 5.02 Å². The first kappa shape index (κ1) is 13.3. The number of benzene rings is 1. The molecule has 6 heteroatoms. The van der Waals surface area contributed by atoms with Crippen LogP contribution in [0.4, 0.5) is 5.69 Å². The maximum atomic E-state index is 11.2. The Morgan fingerprint density at radius 1 is 1.42 bits per heavy atom. The Balaban J connectivity index is 2.18. The summed E-state index contributed by atoms with van der Waals surface area (Å²) in [4.78, 5) is 11.2. The Kier molecular flexibility index (Phi) is 3.97. The largest absolute Gasteiger partial charge is 0.285 e. The third-order valence-corrected chi connectivity index (χ3v) is 2.99. The molecule has 1 heterocycles. The highest BCUT2D eigenvalue weighted by Crippen LogP contribution is 2.14. The highest BCUT2D eigenvalue weighted by molar-refractivity contribution is 6.32. The van der Waals surface area contributed by atoms with Crippen LogP contribution in [0.25, 0.3) is 0 Å². The highest BCUT2D eigenvalue weighted by Gasteiger charge is 2.03. The molecular weight excluding hydrogens is 264 g/mol. The second-order valence-corrected chi connectivity index (χ2v) is 4.53. The first-order valence-electron chi connectivity index (χ1n) is 5.67. The normalized spacial score (nSPS) is 10.9. The molecule has 0 fully saturated rings. The predicted molar refractivity (Wildman–Crippen MR) is 77.0 cm³/mol. The molecule has 0 amide bonds. The van der Waals surface area contributed by atoms with Crippen molar-refractivity contribution in [1.29, 1.82) is 0 Å². The summed E-state index contributed by atoms with van der Waals surface area (Å²) < 4.78 is 0. The number of H-pyrrole nitrogens is 1. The first-order valence-corrected chi connectivity index (χ1v) is 6.05. The van der Waals surface area contributed by atoms with Crippen molar-refractivity contribution < 1.29 is 0 Å². The predicted octanol–water partition coefficient (Wildman–Crippen LogP) is 2.49. The van der Waals surface area contributed by atoms with Gasteiger partial charge in [-0.1, -0.05) is 35.4 Å². The number of hydrogen-bond acceptors (Lipinski definition) is 4. The maximum Gasteiger partial charge on any atom is 0.285 e. The SMILES string of the molecule is Cc1ccc(C)c(/C=N\Nc2cn[nH]c(=O)c2Cl)c1. The summed E-state index contributed by atoms with van der Waals surface area (Å²) in [6.45, 7) is 4.02. The van der Waals surface area contributed by atoms with Crippen LogP contribution in [-0.2, 0) is 0 Å². The molecule has 0 aliphatic heterocycles. The minimum atomic E-state index is -0.450. The van der Waals surface area contributed by atoms with E-state index >= 15 is 0 Å². The van der Waals surface area contributed by atoms with E-state index in [1.807, 2.05) is 32.0 Å². The van der Waals surface area contributed by atoms with Gasteiger partial charge in [-0.2, -0.15) is 10.2 Å². The zero-order valence-corrected chi connectivity index (χ0v) is 11.3. The first-order chi connectivity index (χ1) is 9.08. The minimum absolute atomic E-state index is 0.0353. The van der Waals surface area contributed by atoms with Crippen LogP contribution in [0.15, 0.2) is 34.3 Å². The van der Waals surface area contributed by atoms with Crippen molar-refractivity contribution in [3.8, 4) is 0 Å². The molecule has 0 saturated carbocycles. The second-order valence-electron chi connectivity index (χ2n) is 4.16. The monoisotopic (exact) mass is 276 g/mol. The van der Waals surface area contributed by atoms with Crippen molar-refractivity contribution in [2.75, 3.05) is 5.43 Å². The molecule has 0 spiro atoms. The van der Waals surface area contributed by atoms with Crippen molar-refractivity contribution >= 4 is 23.5 Å². The average Bonchev–Trinajstić information content (AvgIpc) is 2.38. The maximum absolute atomic E-state index is 11.2. The lowest BCUT2D eigenvalue weighted by Crippen LogP contribution is -2.10. The van der Waals surface area contributed by atoms with Gasteiger partial charge >= 0.3 is 0 Å². The van der Waals surface area contributed by atoms with Crippen LogP contribution in [0, 0.1) is 13.8 Å². The molecule has 2 rings (SSSR count). The topological polar surface area (TPSA) is 70.1 Å². The van der Waals surface area contributed by atoms with Gasteiger partial charge in [0.2, 0.25) is 0 Å². The van der Waals surface area contributed by atoms with Gasteiger partial charge in [-0.25, -0.2) is 5.10 Å². The van der Waals surface area contributed by atoms with Crippen LogP contribution in [-0.4, -0.2) is 16.4 Å². The number of nitrogens with zero attached hydrogens (tertiary/aromatic N) is 2. The van der Waals surface area contributed by atoms with Crippen LogP contribution < -0.4 is 11.0 Å². The van der Waals surface area contributed by atoms with E-state index in [1.165, 1.54) is 6.20 Å². The van der Waals surface area contributed by atoms with E-state index in [2.05, 4.69) is 20.7 Å². The Morgan fingerprint density at radius 2 is 2.21 bits per heavy atom. The summed E-state index contributed by atoms with van der Waals surface area (Å²) in [6.07, 6.45) is 3.09. The molecule has 0 saturated heterocycles. The average molecular weight is 277 g/mol. The molecule has 1 aromatic carbocycles.